The van der Waals surface area contributed by atoms with E-state index in [1.54, 1.807) is 12.1 Å². The van der Waals surface area contributed by atoms with Crippen molar-refractivity contribution in [3.63, 3.8) is 0 Å². The molecule has 1 saturated heterocycles. The summed E-state index contributed by atoms with van der Waals surface area (Å²) in [5.41, 5.74) is 12.8. The number of rotatable bonds is 16. The number of amides is 2. The highest BCUT2D eigenvalue weighted by Gasteiger charge is 2.33. The molecule has 0 unspecified atom stereocenters. The standard InChI is InChI=1S/C44H48N4O5/c45-39-18-7-8-19-40(39)47-43(51)21-10-9-20-42(50)46-37-17-11-16-36(26-37)44-52-38(27-41(53-44)35-24-22-34(31-49)23-25-35)30-48(28-32-12-3-1-4-13-32)29-33-14-5-2-6-15-33/h1-8,11-19,22-26,38,41,44,49H,9-10,20-21,27-31,45H2,(H,46,50)(H,47,51)/t38-,41+,44+/m1/s1. The summed E-state index contributed by atoms with van der Waals surface area (Å²) in [4.78, 5) is 27.7. The number of nitrogens with two attached hydrogens (primary N) is 1. The molecule has 5 aromatic carbocycles. The predicted molar refractivity (Wildman–Crippen MR) is 208 cm³/mol. The Balaban J connectivity index is 1.11. The summed E-state index contributed by atoms with van der Waals surface area (Å²) in [6.45, 7) is 2.20. The lowest BCUT2D eigenvalue weighted by Gasteiger charge is -2.38. The Morgan fingerprint density at radius 2 is 1.30 bits per heavy atom. The van der Waals surface area contributed by atoms with Crippen LogP contribution in [-0.2, 0) is 38.8 Å². The summed E-state index contributed by atoms with van der Waals surface area (Å²) >= 11 is 0. The number of nitrogens with zero attached hydrogens (tertiary/aromatic N) is 1. The van der Waals surface area contributed by atoms with Crippen LogP contribution in [0.15, 0.2) is 133 Å². The van der Waals surface area contributed by atoms with Gasteiger partial charge >= 0.3 is 0 Å². The molecule has 1 aliphatic rings. The fraction of sp³-hybridized carbons (Fsp3) is 0.273. The highest BCUT2D eigenvalue weighted by molar-refractivity contribution is 5.94. The number of unbranched alkanes of at least 4 members (excludes halogenated alkanes) is 1. The molecule has 9 nitrogen and oxygen atoms in total. The normalized spacial score (nSPS) is 17.0. The molecule has 274 valence electrons. The first-order chi connectivity index (χ1) is 25.9. The van der Waals surface area contributed by atoms with Gasteiger partial charge in [0, 0.05) is 50.1 Å². The van der Waals surface area contributed by atoms with Crippen LogP contribution in [0.2, 0.25) is 0 Å². The molecule has 6 rings (SSSR count). The van der Waals surface area contributed by atoms with Crippen LogP contribution < -0.4 is 16.4 Å². The minimum absolute atomic E-state index is 0.0221. The molecule has 3 atom stereocenters. The summed E-state index contributed by atoms with van der Waals surface area (Å²) in [6.07, 6.45) is 1.32. The van der Waals surface area contributed by atoms with Gasteiger partial charge in [-0.05, 0) is 59.4 Å². The topological polar surface area (TPSA) is 126 Å². The van der Waals surface area contributed by atoms with Crippen molar-refractivity contribution in [3.05, 3.63) is 161 Å². The van der Waals surface area contributed by atoms with Gasteiger partial charge in [0.05, 0.1) is 30.2 Å². The predicted octanol–water partition coefficient (Wildman–Crippen LogP) is 8.15. The number of aliphatic hydroxyl groups excluding tert-OH is 1. The molecule has 0 bridgehead atoms. The van der Waals surface area contributed by atoms with Gasteiger partial charge in [-0.25, -0.2) is 0 Å². The van der Waals surface area contributed by atoms with Crippen molar-refractivity contribution in [3.8, 4) is 0 Å². The molecule has 2 amide bonds. The summed E-state index contributed by atoms with van der Waals surface area (Å²) in [5.74, 6) is -0.259. The first kappa shape index (κ1) is 37.4. The number of ether oxygens (including phenoxy) is 2. The second kappa shape index (κ2) is 19.0. The zero-order chi connectivity index (χ0) is 36.8. The molecule has 0 saturated carbocycles. The van der Waals surface area contributed by atoms with Crippen molar-refractivity contribution in [1.29, 1.82) is 0 Å². The molecule has 1 fully saturated rings. The molecule has 5 N–H and O–H groups in total. The van der Waals surface area contributed by atoms with E-state index in [-0.39, 0.29) is 37.0 Å². The van der Waals surface area contributed by atoms with E-state index in [1.807, 2.05) is 72.8 Å². The van der Waals surface area contributed by atoms with Gasteiger partial charge in [-0.2, -0.15) is 0 Å². The van der Waals surface area contributed by atoms with Gasteiger partial charge in [0.1, 0.15) is 0 Å². The number of para-hydroxylation sites is 2. The second-order valence-corrected chi connectivity index (χ2v) is 13.5. The van der Waals surface area contributed by atoms with Gasteiger partial charge in [0.25, 0.3) is 0 Å². The van der Waals surface area contributed by atoms with Gasteiger partial charge in [-0.3, -0.25) is 14.5 Å². The number of carbonyl (C=O) groups excluding carboxylic acids is 2. The van der Waals surface area contributed by atoms with Crippen LogP contribution in [-0.4, -0.2) is 34.5 Å². The SMILES string of the molecule is Nc1ccccc1NC(=O)CCCCC(=O)Nc1cccc([C@H]2O[C@@H](CN(Cc3ccccc3)Cc3ccccc3)C[C@@H](c3ccc(CO)cc3)O2)c1. The third-order valence-corrected chi connectivity index (χ3v) is 9.31. The first-order valence-electron chi connectivity index (χ1n) is 18.3. The van der Waals surface area contributed by atoms with Crippen molar-refractivity contribution in [2.24, 2.45) is 0 Å². The molecule has 0 spiro atoms. The average molecular weight is 713 g/mol. The van der Waals surface area contributed by atoms with E-state index < -0.39 is 6.29 Å². The van der Waals surface area contributed by atoms with Crippen LogP contribution in [0, 0.1) is 0 Å². The third-order valence-electron chi connectivity index (χ3n) is 9.31. The summed E-state index contributed by atoms with van der Waals surface area (Å²) in [6, 6.07) is 43.6. The Labute approximate surface area is 311 Å². The largest absolute Gasteiger partial charge is 0.397 e. The van der Waals surface area contributed by atoms with Gasteiger partial charge < -0.3 is 30.9 Å². The quantitative estimate of drug-likeness (QED) is 0.0601. The van der Waals surface area contributed by atoms with Crippen molar-refractivity contribution in [1.82, 2.24) is 4.90 Å². The maximum Gasteiger partial charge on any atom is 0.224 e. The van der Waals surface area contributed by atoms with Crippen LogP contribution in [0.25, 0.3) is 0 Å². The number of benzene rings is 5. The maximum atomic E-state index is 12.9. The monoisotopic (exact) mass is 712 g/mol. The Morgan fingerprint density at radius 1 is 0.679 bits per heavy atom. The van der Waals surface area contributed by atoms with E-state index in [2.05, 4.69) is 64.1 Å². The molecule has 0 aliphatic carbocycles. The Morgan fingerprint density at radius 3 is 1.94 bits per heavy atom. The number of anilines is 3. The summed E-state index contributed by atoms with van der Waals surface area (Å²) in [7, 11) is 0. The first-order valence-corrected chi connectivity index (χ1v) is 18.3. The lowest BCUT2D eigenvalue weighted by molar-refractivity contribution is -0.253. The smallest absolute Gasteiger partial charge is 0.224 e. The fourth-order valence-corrected chi connectivity index (χ4v) is 6.57. The number of carbonyl (C=O) groups is 2. The number of hydrogen-bond donors (Lipinski definition) is 4. The van der Waals surface area contributed by atoms with E-state index in [1.165, 1.54) is 11.1 Å². The van der Waals surface area contributed by atoms with Gasteiger partial charge in [-0.1, -0.05) is 109 Å². The van der Waals surface area contributed by atoms with E-state index >= 15 is 0 Å². The van der Waals surface area contributed by atoms with E-state index in [9.17, 15) is 14.7 Å². The van der Waals surface area contributed by atoms with E-state index in [0.29, 0.717) is 49.3 Å². The average Bonchev–Trinajstić information content (AvgIpc) is 3.18. The van der Waals surface area contributed by atoms with Crippen LogP contribution in [0.4, 0.5) is 17.1 Å². The zero-order valence-electron chi connectivity index (χ0n) is 29.9. The Hall–Kier alpha value is -5.32. The molecular weight excluding hydrogens is 665 g/mol. The molecule has 53 heavy (non-hydrogen) atoms. The van der Waals surface area contributed by atoms with Crippen molar-refractivity contribution >= 4 is 28.9 Å². The molecule has 0 radical (unpaired) electrons. The maximum absolute atomic E-state index is 12.9. The lowest BCUT2D eigenvalue weighted by Crippen LogP contribution is -2.39. The van der Waals surface area contributed by atoms with Crippen molar-refractivity contribution in [2.45, 2.75) is 70.3 Å². The summed E-state index contributed by atoms with van der Waals surface area (Å²) < 4.78 is 13.4. The minimum atomic E-state index is -0.666. The fourth-order valence-electron chi connectivity index (χ4n) is 6.57. The van der Waals surface area contributed by atoms with Crippen LogP contribution >= 0.6 is 0 Å². The van der Waals surface area contributed by atoms with E-state index in [4.69, 9.17) is 15.2 Å². The van der Waals surface area contributed by atoms with Gasteiger partial charge in [-0.15, -0.1) is 0 Å². The zero-order valence-corrected chi connectivity index (χ0v) is 29.9. The van der Waals surface area contributed by atoms with Gasteiger partial charge in [0.2, 0.25) is 11.8 Å². The molecule has 1 heterocycles. The van der Waals surface area contributed by atoms with Gasteiger partial charge in [0.15, 0.2) is 6.29 Å². The molecule has 0 aromatic heterocycles. The number of nitrogens with one attached hydrogen (secondary N) is 2. The van der Waals surface area contributed by atoms with Crippen molar-refractivity contribution < 1.29 is 24.2 Å². The minimum Gasteiger partial charge on any atom is -0.397 e. The number of aliphatic hydroxyl groups is 1. The van der Waals surface area contributed by atoms with E-state index in [0.717, 1.165) is 29.8 Å². The lowest BCUT2D eigenvalue weighted by atomic mass is 9.99. The van der Waals surface area contributed by atoms with Crippen LogP contribution in [0.3, 0.4) is 0 Å². The number of hydrogen-bond acceptors (Lipinski definition) is 7. The molecule has 1 aliphatic heterocycles. The third kappa shape index (κ3) is 11.3. The summed E-state index contributed by atoms with van der Waals surface area (Å²) in [5, 5.41) is 15.5. The highest BCUT2D eigenvalue weighted by atomic mass is 16.7. The van der Waals surface area contributed by atoms with Crippen LogP contribution in [0.1, 0.15) is 72.3 Å². The Kier molecular flexibility index (Phi) is 13.4. The highest BCUT2D eigenvalue weighted by Crippen LogP contribution is 2.39. The Bertz CT molecular complexity index is 1860. The molecule has 5 aromatic rings. The molecule has 9 heteroatoms. The van der Waals surface area contributed by atoms with Crippen LogP contribution in [0.5, 0.6) is 0 Å². The second-order valence-electron chi connectivity index (χ2n) is 13.5. The molecular formula is C44H48N4O5. The van der Waals surface area contributed by atoms with Crippen molar-refractivity contribution in [2.75, 3.05) is 22.9 Å². The number of nitrogen functional groups attached to an aromatic ring is 1.